The fraction of sp³-hybridized carbons (Fsp3) is 0.179. The Morgan fingerprint density at radius 2 is 1.68 bits per heavy atom. The molecule has 2 amide bonds. The SMILES string of the molecule is O=C1C2Sc3[nH]c(=O)sc3[C@H](c3cc(Cl)ccc3OCc3ccccc3)C2C(=O)N1c1ccccc1C(F)(F)F. The van der Waals surface area contributed by atoms with Gasteiger partial charge < -0.3 is 9.72 Å². The number of carbonyl (C=O) groups excluding carboxylic acids is 2. The van der Waals surface area contributed by atoms with Crippen LogP contribution in [0.1, 0.15) is 27.5 Å². The molecule has 40 heavy (non-hydrogen) atoms. The molecule has 4 aromatic rings. The van der Waals surface area contributed by atoms with E-state index in [2.05, 4.69) is 4.98 Å². The summed E-state index contributed by atoms with van der Waals surface area (Å²) in [4.78, 5) is 43.5. The third-order valence-electron chi connectivity index (χ3n) is 6.82. The average Bonchev–Trinajstić information content (AvgIpc) is 3.42. The van der Waals surface area contributed by atoms with Crippen LogP contribution in [-0.2, 0) is 22.4 Å². The van der Waals surface area contributed by atoms with Gasteiger partial charge in [-0.2, -0.15) is 13.2 Å². The van der Waals surface area contributed by atoms with Gasteiger partial charge in [-0.1, -0.05) is 77.2 Å². The molecule has 6 nitrogen and oxygen atoms in total. The van der Waals surface area contributed by atoms with Gasteiger partial charge in [-0.05, 0) is 35.9 Å². The summed E-state index contributed by atoms with van der Waals surface area (Å²) < 4.78 is 47.8. The summed E-state index contributed by atoms with van der Waals surface area (Å²) in [5.74, 6) is -3.16. The maximum atomic E-state index is 14.0. The first kappa shape index (κ1) is 26.7. The number of benzene rings is 3. The smallest absolute Gasteiger partial charge is 0.418 e. The fourth-order valence-corrected chi connectivity index (χ4v) is 7.81. The molecule has 2 aliphatic rings. The Kier molecular flexibility index (Phi) is 6.76. The highest BCUT2D eigenvalue weighted by molar-refractivity contribution is 8.00. The van der Waals surface area contributed by atoms with Crippen molar-refractivity contribution in [3.63, 3.8) is 0 Å². The van der Waals surface area contributed by atoms with Crippen LogP contribution in [0.3, 0.4) is 0 Å². The zero-order valence-electron chi connectivity index (χ0n) is 20.3. The van der Waals surface area contributed by atoms with Crippen LogP contribution in [0, 0.1) is 5.92 Å². The van der Waals surface area contributed by atoms with Crippen molar-refractivity contribution in [2.45, 2.75) is 29.0 Å². The number of fused-ring (bicyclic) bond motifs is 2. The van der Waals surface area contributed by atoms with Gasteiger partial charge in [-0.25, -0.2) is 4.90 Å². The maximum Gasteiger partial charge on any atom is 0.418 e. The lowest BCUT2D eigenvalue weighted by molar-refractivity contribution is -0.137. The van der Waals surface area contributed by atoms with E-state index in [0.717, 1.165) is 40.8 Å². The maximum absolute atomic E-state index is 14.0. The number of hydrogen-bond acceptors (Lipinski definition) is 6. The molecule has 12 heteroatoms. The highest BCUT2D eigenvalue weighted by atomic mass is 35.5. The molecule has 2 unspecified atom stereocenters. The number of thiazole rings is 1. The van der Waals surface area contributed by atoms with E-state index in [1.165, 1.54) is 12.1 Å². The van der Waals surface area contributed by atoms with Crippen molar-refractivity contribution < 1.29 is 27.5 Å². The molecule has 2 aliphatic heterocycles. The summed E-state index contributed by atoms with van der Waals surface area (Å²) in [6.07, 6.45) is -4.79. The first-order chi connectivity index (χ1) is 19.1. The van der Waals surface area contributed by atoms with Crippen molar-refractivity contribution in [3.8, 4) is 5.75 Å². The predicted molar refractivity (Wildman–Crippen MR) is 146 cm³/mol. The lowest BCUT2D eigenvalue weighted by Crippen LogP contribution is -2.33. The molecule has 1 N–H and O–H groups in total. The summed E-state index contributed by atoms with van der Waals surface area (Å²) in [6, 6.07) is 18.7. The van der Waals surface area contributed by atoms with Gasteiger partial charge in [0.2, 0.25) is 11.8 Å². The molecular weight excluding hydrogens is 585 g/mol. The number of aromatic amines is 1. The lowest BCUT2D eigenvalue weighted by Gasteiger charge is -2.31. The van der Waals surface area contributed by atoms with Crippen LogP contribution in [-0.4, -0.2) is 22.0 Å². The zero-order chi connectivity index (χ0) is 28.2. The molecule has 6 rings (SSSR count). The first-order valence-corrected chi connectivity index (χ1v) is 14.1. The highest BCUT2D eigenvalue weighted by Gasteiger charge is 2.57. The Morgan fingerprint density at radius 1 is 0.950 bits per heavy atom. The quantitative estimate of drug-likeness (QED) is 0.264. The van der Waals surface area contributed by atoms with E-state index in [1.807, 2.05) is 30.3 Å². The van der Waals surface area contributed by atoms with Gasteiger partial charge in [0.15, 0.2) is 0 Å². The molecule has 3 heterocycles. The van der Waals surface area contributed by atoms with E-state index in [0.29, 0.717) is 31.1 Å². The molecule has 204 valence electrons. The molecule has 0 spiro atoms. The second kappa shape index (κ2) is 10.1. The predicted octanol–water partition coefficient (Wildman–Crippen LogP) is 6.48. The summed E-state index contributed by atoms with van der Waals surface area (Å²) >= 11 is 8.24. The van der Waals surface area contributed by atoms with Crippen LogP contribution in [0.15, 0.2) is 82.6 Å². The number of nitrogens with zero attached hydrogens (tertiary/aromatic N) is 1. The summed E-state index contributed by atoms with van der Waals surface area (Å²) in [6.45, 7) is 0.194. The zero-order valence-corrected chi connectivity index (χ0v) is 22.7. The number of para-hydroxylation sites is 1. The minimum absolute atomic E-state index is 0.194. The monoisotopic (exact) mass is 602 g/mol. The Hall–Kier alpha value is -3.54. The van der Waals surface area contributed by atoms with Gasteiger partial charge in [0.05, 0.1) is 22.2 Å². The van der Waals surface area contributed by atoms with Gasteiger partial charge in [0.25, 0.3) is 0 Å². The Balaban J connectivity index is 1.47. The van der Waals surface area contributed by atoms with E-state index in [1.54, 1.807) is 18.2 Å². The number of imide groups is 1. The largest absolute Gasteiger partial charge is 0.489 e. The van der Waals surface area contributed by atoms with Crippen LogP contribution in [0.2, 0.25) is 5.02 Å². The molecular formula is C28H18ClF3N2O4S2. The second-order valence-corrected chi connectivity index (χ2v) is 11.8. The number of hydrogen-bond donors (Lipinski definition) is 1. The second-order valence-electron chi connectivity index (χ2n) is 9.23. The number of ether oxygens (including phenoxy) is 1. The van der Waals surface area contributed by atoms with E-state index >= 15 is 0 Å². The standard InChI is InChI=1S/C28H18ClF3N2O4S2/c29-15-10-11-19(38-13-14-6-2-1-3-7-14)16(12-15)20-21-23(39-24-22(20)40-27(37)33-24)26(36)34(25(21)35)18-9-5-4-8-17(18)28(30,31)32/h1-12,20-21,23H,13H2,(H,33,37)/t20-,21?,23?/m1/s1. The fourth-order valence-electron chi connectivity index (χ4n) is 5.13. The lowest BCUT2D eigenvalue weighted by atomic mass is 9.82. The number of nitrogens with one attached hydrogen (secondary N) is 1. The average molecular weight is 603 g/mol. The minimum Gasteiger partial charge on any atom is -0.489 e. The van der Waals surface area contributed by atoms with Crippen molar-refractivity contribution in [2.75, 3.05) is 4.90 Å². The molecule has 0 radical (unpaired) electrons. The molecule has 1 aromatic heterocycles. The number of rotatable bonds is 5. The minimum atomic E-state index is -4.79. The van der Waals surface area contributed by atoms with E-state index in [4.69, 9.17) is 16.3 Å². The number of amides is 2. The van der Waals surface area contributed by atoms with Crippen molar-refractivity contribution in [2.24, 2.45) is 5.92 Å². The molecule has 1 saturated heterocycles. The number of aromatic nitrogens is 1. The third kappa shape index (κ3) is 4.61. The van der Waals surface area contributed by atoms with Gasteiger partial charge in [0.1, 0.15) is 17.6 Å². The van der Waals surface area contributed by atoms with Gasteiger partial charge in [-0.15, -0.1) is 0 Å². The van der Waals surface area contributed by atoms with Gasteiger partial charge in [-0.3, -0.25) is 14.4 Å². The van der Waals surface area contributed by atoms with Crippen LogP contribution in [0.25, 0.3) is 0 Å². The number of carbonyl (C=O) groups is 2. The highest BCUT2D eigenvalue weighted by Crippen LogP contribution is 2.55. The van der Waals surface area contributed by atoms with Crippen molar-refractivity contribution in [1.82, 2.24) is 4.98 Å². The topological polar surface area (TPSA) is 79.5 Å². The van der Waals surface area contributed by atoms with E-state index in [-0.39, 0.29) is 11.5 Å². The molecule has 3 aromatic carbocycles. The normalized spacial score (nSPS) is 20.4. The first-order valence-electron chi connectivity index (χ1n) is 12.0. The number of halogens is 4. The molecule has 0 aliphatic carbocycles. The van der Waals surface area contributed by atoms with Crippen molar-refractivity contribution >= 4 is 52.2 Å². The number of anilines is 1. The molecule has 0 bridgehead atoms. The van der Waals surface area contributed by atoms with Crippen molar-refractivity contribution in [1.29, 1.82) is 0 Å². The molecule has 0 saturated carbocycles. The number of alkyl halides is 3. The Bertz CT molecular complexity index is 1690. The molecule has 1 fully saturated rings. The summed E-state index contributed by atoms with van der Waals surface area (Å²) in [7, 11) is 0. The number of H-pyrrole nitrogens is 1. The van der Waals surface area contributed by atoms with Crippen molar-refractivity contribution in [3.05, 3.63) is 109 Å². The van der Waals surface area contributed by atoms with E-state index in [9.17, 15) is 27.6 Å². The van der Waals surface area contributed by atoms with Crippen LogP contribution in [0.5, 0.6) is 5.75 Å². The van der Waals surface area contributed by atoms with E-state index < -0.39 is 46.3 Å². The number of thioether (sulfide) groups is 1. The van der Waals surface area contributed by atoms with Gasteiger partial charge in [0, 0.05) is 21.4 Å². The molecule has 3 atom stereocenters. The Labute approximate surface area is 238 Å². The van der Waals surface area contributed by atoms with Crippen LogP contribution >= 0.6 is 34.7 Å². The summed E-state index contributed by atoms with van der Waals surface area (Å²) in [5, 5.41) is -0.350. The van der Waals surface area contributed by atoms with Crippen LogP contribution in [0.4, 0.5) is 18.9 Å². The summed E-state index contributed by atoms with van der Waals surface area (Å²) in [5.41, 5.74) is -0.270. The van der Waals surface area contributed by atoms with Gasteiger partial charge >= 0.3 is 11.0 Å². The Morgan fingerprint density at radius 3 is 2.42 bits per heavy atom. The van der Waals surface area contributed by atoms with Crippen LogP contribution < -0.4 is 14.5 Å². The third-order valence-corrected chi connectivity index (χ3v) is 9.45.